The fraction of sp³-hybridized carbons (Fsp3) is 0.375. The van der Waals surface area contributed by atoms with E-state index in [1.54, 1.807) is 23.7 Å². The number of nitrogens with one attached hydrogen (secondary N) is 2. The largest absolute Gasteiger partial charge is 0.490 e. The molecule has 0 saturated carbocycles. The summed E-state index contributed by atoms with van der Waals surface area (Å²) in [6, 6.07) is 7.97. The Kier molecular flexibility index (Phi) is 7.25. The average Bonchev–Trinajstić information content (AvgIpc) is 3.06. The van der Waals surface area contributed by atoms with Crippen molar-refractivity contribution in [1.82, 2.24) is 15.6 Å². The van der Waals surface area contributed by atoms with Crippen LogP contribution in [0.2, 0.25) is 0 Å². The van der Waals surface area contributed by atoms with E-state index < -0.39 is 0 Å². The third-order valence-electron chi connectivity index (χ3n) is 2.85. The van der Waals surface area contributed by atoms with Gasteiger partial charge in [0, 0.05) is 30.6 Å². The number of aromatic nitrogens is 1. The Morgan fingerprint density at radius 2 is 2.27 bits per heavy atom. The van der Waals surface area contributed by atoms with Crippen LogP contribution in [0.1, 0.15) is 11.8 Å². The van der Waals surface area contributed by atoms with Gasteiger partial charge in [-0.05, 0) is 30.5 Å². The predicted octanol–water partition coefficient (Wildman–Crippen LogP) is 2.32. The second-order valence-electron chi connectivity index (χ2n) is 4.55. The minimum Gasteiger partial charge on any atom is -0.490 e. The molecule has 0 bridgehead atoms. The van der Waals surface area contributed by atoms with Crippen LogP contribution in [0.3, 0.4) is 0 Å². The van der Waals surface area contributed by atoms with Gasteiger partial charge in [-0.15, -0.1) is 11.3 Å². The normalized spacial score (nSPS) is 11.2. The molecule has 22 heavy (non-hydrogen) atoms. The van der Waals surface area contributed by atoms with Gasteiger partial charge in [0.15, 0.2) is 5.96 Å². The number of hydrogen-bond acceptors (Lipinski definition) is 4. The molecule has 0 unspecified atom stereocenters. The third kappa shape index (κ3) is 6.13. The van der Waals surface area contributed by atoms with E-state index in [0.717, 1.165) is 31.2 Å². The summed E-state index contributed by atoms with van der Waals surface area (Å²) in [6.45, 7) is 4.94. The molecule has 0 atom stereocenters. The summed E-state index contributed by atoms with van der Waals surface area (Å²) in [6.07, 6.45) is 4.41. The Morgan fingerprint density at radius 1 is 1.32 bits per heavy atom. The Hall–Kier alpha value is -2.08. The molecule has 118 valence electrons. The Labute approximate surface area is 135 Å². The van der Waals surface area contributed by atoms with E-state index in [-0.39, 0.29) is 0 Å². The van der Waals surface area contributed by atoms with Gasteiger partial charge in [0.25, 0.3) is 0 Å². The SMILES string of the molecule is CCNC(=NCCc1cccs1)NCCOc1cccnc1. The van der Waals surface area contributed by atoms with Gasteiger partial charge in [0.1, 0.15) is 12.4 Å². The predicted molar refractivity (Wildman–Crippen MR) is 91.7 cm³/mol. The van der Waals surface area contributed by atoms with Gasteiger partial charge in [-0.2, -0.15) is 0 Å². The van der Waals surface area contributed by atoms with Crippen molar-refractivity contribution in [3.63, 3.8) is 0 Å². The highest BCUT2D eigenvalue weighted by molar-refractivity contribution is 7.09. The van der Waals surface area contributed by atoms with Gasteiger partial charge in [0.2, 0.25) is 0 Å². The van der Waals surface area contributed by atoms with E-state index in [1.165, 1.54) is 4.88 Å². The van der Waals surface area contributed by atoms with Gasteiger partial charge in [-0.3, -0.25) is 9.98 Å². The standard InChI is InChI=1S/C16H22N4OS/c1-2-18-16(19-9-7-15-6-4-12-22-15)20-10-11-21-14-5-3-8-17-13-14/h3-6,8,12-13H,2,7,9-11H2,1H3,(H2,18,19,20). The highest BCUT2D eigenvalue weighted by Gasteiger charge is 1.98. The number of guanidine groups is 1. The van der Waals surface area contributed by atoms with Crippen molar-refractivity contribution >= 4 is 17.3 Å². The molecule has 5 nitrogen and oxygen atoms in total. The molecule has 0 aliphatic heterocycles. The molecule has 0 aliphatic rings. The minimum atomic E-state index is 0.570. The molecule has 0 aromatic carbocycles. The van der Waals surface area contributed by atoms with E-state index in [0.29, 0.717) is 13.2 Å². The summed E-state index contributed by atoms with van der Waals surface area (Å²) < 4.78 is 5.59. The van der Waals surface area contributed by atoms with Crippen molar-refractivity contribution in [2.24, 2.45) is 4.99 Å². The van der Waals surface area contributed by atoms with Crippen LogP contribution < -0.4 is 15.4 Å². The highest BCUT2D eigenvalue weighted by atomic mass is 32.1. The fourth-order valence-electron chi connectivity index (χ4n) is 1.85. The van der Waals surface area contributed by atoms with Crippen molar-refractivity contribution < 1.29 is 4.74 Å². The van der Waals surface area contributed by atoms with Crippen LogP contribution in [-0.2, 0) is 6.42 Å². The number of hydrogen-bond donors (Lipinski definition) is 2. The molecule has 0 radical (unpaired) electrons. The Balaban J connectivity index is 1.69. The summed E-state index contributed by atoms with van der Waals surface area (Å²) in [5.41, 5.74) is 0. The fourth-order valence-corrected chi connectivity index (χ4v) is 2.54. The Morgan fingerprint density at radius 3 is 3.00 bits per heavy atom. The first-order valence-electron chi connectivity index (χ1n) is 7.46. The van der Waals surface area contributed by atoms with Crippen molar-refractivity contribution in [2.45, 2.75) is 13.3 Å². The van der Waals surface area contributed by atoms with Gasteiger partial charge < -0.3 is 15.4 Å². The molecule has 2 heterocycles. The topological polar surface area (TPSA) is 58.5 Å². The molecular weight excluding hydrogens is 296 g/mol. The number of rotatable bonds is 8. The van der Waals surface area contributed by atoms with Gasteiger partial charge in [-0.1, -0.05) is 6.07 Å². The van der Waals surface area contributed by atoms with Gasteiger partial charge in [-0.25, -0.2) is 0 Å². The number of thiophene rings is 1. The molecule has 0 fully saturated rings. The van der Waals surface area contributed by atoms with Crippen LogP contribution in [0.5, 0.6) is 5.75 Å². The number of ether oxygens (including phenoxy) is 1. The van der Waals surface area contributed by atoms with Crippen LogP contribution in [0.25, 0.3) is 0 Å². The summed E-state index contributed by atoms with van der Waals surface area (Å²) in [5.74, 6) is 1.61. The van der Waals surface area contributed by atoms with E-state index in [2.05, 4.69) is 45.0 Å². The van der Waals surface area contributed by atoms with Crippen LogP contribution in [0.4, 0.5) is 0 Å². The first kappa shape index (κ1) is 16.3. The third-order valence-corrected chi connectivity index (χ3v) is 3.79. The van der Waals surface area contributed by atoms with Crippen molar-refractivity contribution in [3.8, 4) is 5.75 Å². The van der Waals surface area contributed by atoms with Gasteiger partial charge >= 0.3 is 0 Å². The lowest BCUT2D eigenvalue weighted by Crippen LogP contribution is -2.39. The van der Waals surface area contributed by atoms with Crippen molar-refractivity contribution in [3.05, 3.63) is 46.9 Å². The first-order valence-corrected chi connectivity index (χ1v) is 8.34. The van der Waals surface area contributed by atoms with Crippen molar-refractivity contribution in [1.29, 1.82) is 0 Å². The van der Waals surface area contributed by atoms with Crippen molar-refractivity contribution in [2.75, 3.05) is 26.2 Å². The lowest BCUT2D eigenvalue weighted by molar-refractivity contribution is 0.320. The summed E-state index contributed by atoms with van der Waals surface area (Å²) >= 11 is 1.77. The van der Waals surface area contributed by atoms with Crippen LogP contribution in [-0.4, -0.2) is 37.2 Å². The molecule has 2 rings (SSSR count). The lowest BCUT2D eigenvalue weighted by Gasteiger charge is -2.11. The maximum absolute atomic E-state index is 5.59. The number of nitrogens with zero attached hydrogens (tertiary/aromatic N) is 2. The maximum atomic E-state index is 5.59. The molecule has 2 aromatic heterocycles. The average molecular weight is 318 g/mol. The monoisotopic (exact) mass is 318 g/mol. The summed E-state index contributed by atoms with van der Waals surface area (Å²) in [4.78, 5) is 9.94. The molecule has 2 N–H and O–H groups in total. The Bertz CT molecular complexity index is 543. The van der Waals surface area contributed by atoms with E-state index >= 15 is 0 Å². The molecular formula is C16H22N4OS. The van der Waals surface area contributed by atoms with Crippen LogP contribution in [0, 0.1) is 0 Å². The van der Waals surface area contributed by atoms with E-state index in [9.17, 15) is 0 Å². The van der Waals surface area contributed by atoms with Gasteiger partial charge in [0.05, 0.1) is 12.7 Å². The zero-order valence-corrected chi connectivity index (χ0v) is 13.6. The smallest absolute Gasteiger partial charge is 0.191 e. The molecule has 2 aromatic rings. The minimum absolute atomic E-state index is 0.570. The summed E-state index contributed by atoms with van der Waals surface area (Å²) in [5, 5.41) is 8.60. The number of aliphatic imine (C=N–C) groups is 1. The molecule has 6 heteroatoms. The van der Waals surface area contributed by atoms with Crippen LogP contribution in [0.15, 0.2) is 47.0 Å². The second-order valence-corrected chi connectivity index (χ2v) is 5.59. The highest BCUT2D eigenvalue weighted by Crippen LogP contribution is 2.08. The molecule has 0 spiro atoms. The molecule has 0 aliphatic carbocycles. The van der Waals surface area contributed by atoms with Crippen LogP contribution >= 0.6 is 11.3 Å². The summed E-state index contributed by atoms with van der Waals surface area (Å²) in [7, 11) is 0. The van der Waals surface area contributed by atoms with E-state index in [4.69, 9.17) is 4.74 Å². The zero-order chi connectivity index (χ0) is 15.5. The maximum Gasteiger partial charge on any atom is 0.191 e. The zero-order valence-electron chi connectivity index (χ0n) is 12.8. The van der Waals surface area contributed by atoms with E-state index in [1.807, 2.05) is 12.1 Å². The molecule has 0 amide bonds. The quantitative estimate of drug-likeness (QED) is 0.445. The lowest BCUT2D eigenvalue weighted by atomic mass is 10.3. The molecule has 0 saturated heterocycles. The second kappa shape index (κ2) is 9.78. The number of pyridine rings is 1. The first-order chi connectivity index (χ1) is 10.9.